The molecule has 0 fully saturated rings. The van der Waals surface area contributed by atoms with Crippen molar-refractivity contribution >= 4 is 60.8 Å². The van der Waals surface area contributed by atoms with Crippen molar-refractivity contribution in [1.82, 2.24) is 0 Å². The van der Waals surface area contributed by atoms with E-state index in [1.165, 1.54) is 18.2 Å². The Morgan fingerprint density at radius 3 is 2.14 bits per heavy atom. The molecule has 0 spiro atoms. The van der Waals surface area contributed by atoms with Gasteiger partial charge in [-0.3, -0.25) is 4.79 Å². The van der Waals surface area contributed by atoms with Crippen LogP contribution in [0.3, 0.4) is 0 Å². The van der Waals surface area contributed by atoms with Crippen LogP contribution in [0.1, 0.15) is 21.5 Å². The van der Waals surface area contributed by atoms with Gasteiger partial charge in [0.2, 0.25) is 5.78 Å². The van der Waals surface area contributed by atoms with Gasteiger partial charge in [-0.1, -0.05) is 69.5 Å². The number of carbonyl (C=O) groups excluding carboxylic acids is 1. The molecule has 3 rings (SSSR count). The summed E-state index contributed by atoms with van der Waals surface area (Å²) in [6.07, 6.45) is 1.38. The maximum Gasteiger partial charge on any atom is 0.204 e. The van der Waals surface area contributed by atoms with Gasteiger partial charge in [0.05, 0.1) is 5.75 Å². The Bertz CT molecular complexity index is 1170. The van der Waals surface area contributed by atoms with E-state index < -0.39 is 15.6 Å². The van der Waals surface area contributed by atoms with Gasteiger partial charge in [0, 0.05) is 20.1 Å². The van der Waals surface area contributed by atoms with Crippen molar-refractivity contribution in [2.45, 2.75) is 5.75 Å². The normalized spacial score (nSPS) is 12.0. The van der Waals surface area contributed by atoms with Crippen LogP contribution in [0, 0.1) is 0 Å². The van der Waals surface area contributed by atoms with Gasteiger partial charge < -0.3 is 0 Å². The Labute approximate surface area is 188 Å². The van der Waals surface area contributed by atoms with Crippen molar-refractivity contribution in [3.63, 3.8) is 0 Å². The van der Waals surface area contributed by atoms with Crippen molar-refractivity contribution in [3.8, 4) is 0 Å². The highest BCUT2D eigenvalue weighted by molar-refractivity contribution is 9.10. The average Bonchev–Trinajstić information content (AvgIpc) is 2.69. The number of sulfone groups is 1. The quantitative estimate of drug-likeness (QED) is 0.278. The minimum absolute atomic E-state index is 0.237. The highest BCUT2D eigenvalue weighted by Crippen LogP contribution is 2.26. The molecule has 0 unspecified atom stereocenters. The molecule has 0 aromatic heterocycles. The summed E-state index contributed by atoms with van der Waals surface area (Å²) >= 11 is 15.4. The van der Waals surface area contributed by atoms with Gasteiger partial charge in [-0.2, -0.15) is 0 Å². The fourth-order valence-electron chi connectivity index (χ4n) is 2.65. The van der Waals surface area contributed by atoms with Gasteiger partial charge in [-0.15, -0.1) is 0 Å². The summed E-state index contributed by atoms with van der Waals surface area (Å²) in [6.45, 7) is 0. The van der Waals surface area contributed by atoms with E-state index in [2.05, 4.69) is 15.9 Å². The Hall–Kier alpha value is -1.92. The van der Waals surface area contributed by atoms with Crippen molar-refractivity contribution in [2.24, 2.45) is 0 Å². The van der Waals surface area contributed by atoms with E-state index in [0.29, 0.717) is 21.2 Å². The molecule has 3 aromatic carbocycles. The monoisotopic (exact) mass is 508 g/mol. The highest BCUT2D eigenvalue weighted by atomic mass is 79.9. The Morgan fingerprint density at radius 2 is 1.52 bits per heavy atom. The number of carbonyl (C=O) groups is 1. The molecule has 0 bridgehead atoms. The van der Waals surface area contributed by atoms with Crippen LogP contribution >= 0.6 is 39.1 Å². The fourth-order valence-corrected chi connectivity index (χ4v) is 4.85. The summed E-state index contributed by atoms with van der Waals surface area (Å²) < 4.78 is 27.3. The molecule has 148 valence electrons. The summed E-state index contributed by atoms with van der Waals surface area (Å²) in [5, 5.41) is 0.789. The second kappa shape index (κ2) is 9.26. The third kappa shape index (κ3) is 5.58. The van der Waals surface area contributed by atoms with Gasteiger partial charge in [-0.25, -0.2) is 8.42 Å². The predicted molar refractivity (Wildman–Crippen MR) is 122 cm³/mol. The number of hydrogen-bond acceptors (Lipinski definition) is 3. The first-order valence-electron chi connectivity index (χ1n) is 8.50. The first-order valence-corrected chi connectivity index (χ1v) is 11.7. The van der Waals surface area contributed by atoms with E-state index in [1.54, 1.807) is 60.7 Å². The Kier molecular flexibility index (Phi) is 6.96. The SMILES string of the molecule is O=C(/C(=C/c1ccc(Br)cc1)S(=O)(=O)Cc1ccccc1Cl)c1ccc(Cl)cc1. The lowest BCUT2D eigenvalue weighted by molar-refractivity contribution is 0.104. The number of ketones is 1. The summed E-state index contributed by atoms with van der Waals surface area (Å²) in [7, 11) is -3.98. The molecule has 0 N–H and O–H groups in total. The zero-order valence-electron chi connectivity index (χ0n) is 15.0. The van der Waals surface area contributed by atoms with Gasteiger partial charge >= 0.3 is 0 Å². The second-order valence-electron chi connectivity index (χ2n) is 6.25. The van der Waals surface area contributed by atoms with Crippen LogP contribution in [-0.4, -0.2) is 14.2 Å². The summed E-state index contributed by atoms with van der Waals surface area (Å²) in [5.74, 6) is -0.981. The Balaban J connectivity index is 2.08. The predicted octanol–water partition coefficient (Wildman–Crippen LogP) is 6.59. The van der Waals surface area contributed by atoms with E-state index in [9.17, 15) is 13.2 Å². The van der Waals surface area contributed by atoms with Gasteiger partial charge in [-0.05, 0) is 59.7 Å². The number of allylic oxidation sites excluding steroid dienone is 1. The fraction of sp³-hybridized carbons (Fsp3) is 0.0455. The first kappa shape index (κ1) is 21.8. The summed E-state index contributed by atoms with van der Waals surface area (Å²) in [5.41, 5.74) is 1.26. The van der Waals surface area contributed by atoms with E-state index >= 15 is 0 Å². The molecule has 0 saturated carbocycles. The molecule has 0 aliphatic heterocycles. The topological polar surface area (TPSA) is 51.2 Å². The number of rotatable bonds is 6. The number of benzene rings is 3. The molecule has 7 heteroatoms. The van der Waals surface area contributed by atoms with Crippen molar-refractivity contribution in [3.05, 3.63) is 109 Å². The van der Waals surface area contributed by atoms with Crippen molar-refractivity contribution in [1.29, 1.82) is 0 Å². The summed E-state index contributed by atoms with van der Waals surface area (Å²) in [6, 6.07) is 19.8. The largest absolute Gasteiger partial charge is 0.288 e. The molecule has 0 saturated heterocycles. The smallest absolute Gasteiger partial charge is 0.204 e. The van der Waals surface area contributed by atoms with Crippen LogP contribution in [0.25, 0.3) is 6.08 Å². The van der Waals surface area contributed by atoms with E-state index in [0.717, 1.165) is 4.47 Å². The standard InChI is InChI=1S/C22H15BrCl2O3S/c23-18-9-5-15(6-10-18)13-21(22(26)16-7-11-19(24)12-8-16)29(27,28)14-17-3-1-2-4-20(17)25/h1-13H,14H2/b21-13-. The highest BCUT2D eigenvalue weighted by Gasteiger charge is 2.27. The number of halogens is 3. The average molecular weight is 510 g/mol. The van der Waals surface area contributed by atoms with Crippen LogP contribution in [0.2, 0.25) is 10.0 Å². The van der Waals surface area contributed by atoms with Crippen LogP contribution in [0.4, 0.5) is 0 Å². The zero-order valence-corrected chi connectivity index (χ0v) is 18.9. The molecule has 0 amide bonds. The molecule has 0 aliphatic rings. The first-order chi connectivity index (χ1) is 13.8. The third-order valence-corrected chi connectivity index (χ3v) is 6.95. The molecule has 3 aromatic rings. The van der Waals surface area contributed by atoms with Crippen LogP contribution < -0.4 is 0 Å². The van der Waals surface area contributed by atoms with Gasteiger partial charge in [0.25, 0.3) is 0 Å². The zero-order chi connectivity index (χ0) is 21.0. The minimum Gasteiger partial charge on any atom is -0.288 e. The van der Waals surface area contributed by atoms with E-state index in [4.69, 9.17) is 23.2 Å². The van der Waals surface area contributed by atoms with E-state index in [1.807, 2.05) is 0 Å². The maximum absolute atomic E-state index is 13.2. The van der Waals surface area contributed by atoms with Gasteiger partial charge in [0.1, 0.15) is 4.91 Å². The van der Waals surface area contributed by atoms with Crippen molar-refractivity contribution in [2.75, 3.05) is 0 Å². The van der Waals surface area contributed by atoms with Crippen LogP contribution in [-0.2, 0) is 15.6 Å². The minimum atomic E-state index is -3.98. The molecule has 0 atom stereocenters. The second-order valence-corrected chi connectivity index (χ2v) is 9.96. The molecule has 0 radical (unpaired) electrons. The van der Waals surface area contributed by atoms with Gasteiger partial charge in [0.15, 0.2) is 9.84 Å². The number of hydrogen-bond donors (Lipinski definition) is 0. The Morgan fingerprint density at radius 1 is 0.897 bits per heavy atom. The molecule has 0 aliphatic carbocycles. The summed E-state index contributed by atoms with van der Waals surface area (Å²) in [4.78, 5) is 12.8. The van der Waals surface area contributed by atoms with E-state index in [-0.39, 0.29) is 16.2 Å². The molecule has 0 heterocycles. The van der Waals surface area contributed by atoms with Crippen molar-refractivity contribution < 1.29 is 13.2 Å². The van der Waals surface area contributed by atoms with Crippen LogP contribution in [0.5, 0.6) is 0 Å². The van der Waals surface area contributed by atoms with Crippen LogP contribution in [0.15, 0.2) is 82.2 Å². The number of Topliss-reactive ketones (excluding diaryl/α,β-unsaturated/α-hetero) is 1. The lowest BCUT2D eigenvalue weighted by Crippen LogP contribution is -2.16. The molecular formula is C22H15BrCl2O3S. The lowest BCUT2D eigenvalue weighted by atomic mass is 10.1. The lowest BCUT2D eigenvalue weighted by Gasteiger charge is -2.11. The molecule has 3 nitrogen and oxygen atoms in total. The molecule has 29 heavy (non-hydrogen) atoms. The maximum atomic E-state index is 13.2. The molecular weight excluding hydrogens is 495 g/mol. The third-order valence-electron chi connectivity index (χ3n) is 4.14.